The number of nitrogens with one attached hydrogen (secondary N) is 1. The van der Waals surface area contributed by atoms with Crippen molar-refractivity contribution in [2.24, 2.45) is 0 Å². The number of aryl methyl sites for hydroxylation is 1. The zero-order valence-corrected chi connectivity index (χ0v) is 11.5. The van der Waals surface area contributed by atoms with Crippen LogP contribution in [0.4, 0.5) is 5.82 Å². The van der Waals surface area contributed by atoms with Crippen molar-refractivity contribution in [3.63, 3.8) is 0 Å². The minimum Gasteiger partial charge on any atom is -0.478 e. The molecule has 5 heteroatoms. The fourth-order valence-electron chi connectivity index (χ4n) is 2.14. The van der Waals surface area contributed by atoms with Crippen LogP contribution in [0.25, 0.3) is 0 Å². The molecule has 18 heavy (non-hydrogen) atoms. The summed E-state index contributed by atoms with van der Waals surface area (Å²) in [7, 11) is 0. The SMILES string of the molecule is Cc1nc(NCC2(C)CCCS2)ccc1C(=O)O. The second-order valence-corrected chi connectivity index (χ2v) is 6.57. The van der Waals surface area contributed by atoms with Crippen molar-refractivity contribution in [3.8, 4) is 0 Å². The summed E-state index contributed by atoms with van der Waals surface area (Å²) in [5.41, 5.74) is 0.818. The van der Waals surface area contributed by atoms with Gasteiger partial charge in [0.2, 0.25) is 0 Å². The van der Waals surface area contributed by atoms with Crippen LogP contribution >= 0.6 is 11.8 Å². The molecule has 1 aromatic heterocycles. The lowest BCUT2D eigenvalue weighted by atomic mass is 10.1. The van der Waals surface area contributed by atoms with Crippen LogP contribution in [0.3, 0.4) is 0 Å². The summed E-state index contributed by atoms with van der Waals surface area (Å²) in [4.78, 5) is 15.2. The predicted octanol–water partition coefficient (Wildman–Crippen LogP) is 2.79. The Labute approximate surface area is 111 Å². The smallest absolute Gasteiger partial charge is 0.337 e. The average molecular weight is 266 g/mol. The topological polar surface area (TPSA) is 62.2 Å². The maximum atomic E-state index is 10.9. The Morgan fingerprint density at radius 3 is 2.94 bits per heavy atom. The first-order valence-corrected chi connectivity index (χ1v) is 7.07. The molecule has 4 nitrogen and oxygen atoms in total. The van der Waals surface area contributed by atoms with Gasteiger partial charge in [0.1, 0.15) is 5.82 Å². The molecule has 0 aromatic carbocycles. The molecule has 1 saturated heterocycles. The summed E-state index contributed by atoms with van der Waals surface area (Å²) in [6, 6.07) is 3.34. The minimum atomic E-state index is -0.926. The molecule has 2 N–H and O–H groups in total. The fourth-order valence-corrected chi connectivity index (χ4v) is 3.38. The zero-order chi connectivity index (χ0) is 13.2. The van der Waals surface area contributed by atoms with Crippen LogP contribution in [0, 0.1) is 6.92 Å². The number of carboxylic acid groups (broad SMARTS) is 1. The first-order chi connectivity index (χ1) is 8.50. The summed E-state index contributed by atoms with van der Waals surface area (Å²) in [5, 5.41) is 12.2. The van der Waals surface area contributed by atoms with E-state index in [4.69, 9.17) is 5.11 Å². The van der Waals surface area contributed by atoms with Crippen LogP contribution < -0.4 is 5.32 Å². The van der Waals surface area contributed by atoms with Gasteiger partial charge in [0.05, 0.1) is 11.3 Å². The Morgan fingerprint density at radius 2 is 2.39 bits per heavy atom. The quantitative estimate of drug-likeness (QED) is 0.877. The first-order valence-electron chi connectivity index (χ1n) is 6.09. The molecule has 0 amide bonds. The number of thioether (sulfide) groups is 1. The molecular weight excluding hydrogens is 248 g/mol. The molecule has 2 rings (SSSR count). The van der Waals surface area contributed by atoms with Crippen molar-refractivity contribution >= 4 is 23.5 Å². The normalized spacial score (nSPS) is 23.0. The van der Waals surface area contributed by atoms with E-state index in [2.05, 4.69) is 17.2 Å². The van der Waals surface area contributed by atoms with Gasteiger partial charge >= 0.3 is 5.97 Å². The van der Waals surface area contributed by atoms with Crippen molar-refractivity contribution in [3.05, 3.63) is 23.4 Å². The number of anilines is 1. The van der Waals surface area contributed by atoms with Gasteiger partial charge in [0.15, 0.2) is 0 Å². The van der Waals surface area contributed by atoms with Crippen molar-refractivity contribution in [2.75, 3.05) is 17.6 Å². The van der Waals surface area contributed by atoms with Crippen LogP contribution in [0.1, 0.15) is 35.8 Å². The molecule has 2 heterocycles. The summed E-state index contributed by atoms with van der Waals surface area (Å²) in [6.07, 6.45) is 2.49. The highest BCUT2D eigenvalue weighted by atomic mass is 32.2. The van der Waals surface area contributed by atoms with Crippen molar-refractivity contribution in [1.82, 2.24) is 4.98 Å². The monoisotopic (exact) mass is 266 g/mol. The van der Waals surface area contributed by atoms with Gasteiger partial charge in [-0.1, -0.05) is 0 Å². The Hall–Kier alpha value is -1.23. The summed E-state index contributed by atoms with van der Waals surface area (Å²) >= 11 is 1.99. The third-order valence-corrected chi connectivity index (χ3v) is 4.80. The molecule has 1 aliphatic rings. The Kier molecular flexibility index (Phi) is 3.80. The highest BCUT2D eigenvalue weighted by Crippen LogP contribution is 2.37. The fraction of sp³-hybridized carbons (Fsp3) is 0.538. The molecule has 1 fully saturated rings. The molecule has 98 valence electrons. The van der Waals surface area contributed by atoms with Crippen LogP contribution in [0.5, 0.6) is 0 Å². The van der Waals surface area contributed by atoms with Crippen LogP contribution in [-0.4, -0.2) is 33.1 Å². The summed E-state index contributed by atoms with van der Waals surface area (Å²) in [5.74, 6) is 1.05. The molecule has 0 bridgehead atoms. The van der Waals surface area contributed by atoms with E-state index in [0.29, 0.717) is 5.69 Å². The van der Waals surface area contributed by atoms with Crippen molar-refractivity contribution in [2.45, 2.75) is 31.4 Å². The number of aromatic carboxylic acids is 1. The van der Waals surface area contributed by atoms with Crippen LogP contribution in [0.15, 0.2) is 12.1 Å². The number of carboxylic acids is 1. The van der Waals surface area contributed by atoms with E-state index in [9.17, 15) is 4.79 Å². The number of carbonyl (C=O) groups is 1. The van der Waals surface area contributed by atoms with Gasteiger partial charge in [0.25, 0.3) is 0 Å². The lowest BCUT2D eigenvalue weighted by molar-refractivity contribution is 0.0695. The van der Waals surface area contributed by atoms with Crippen LogP contribution in [-0.2, 0) is 0 Å². The Morgan fingerprint density at radius 1 is 1.61 bits per heavy atom. The van der Waals surface area contributed by atoms with Crippen LogP contribution in [0.2, 0.25) is 0 Å². The molecule has 1 unspecified atom stereocenters. The average Bonchev–Trinajstić information content (AvgIpc) is 2.74. The molecule has 0 saturated carbocycles. The number of hydrogen-bond donors (Lipinski definition) is 2. The van der Waals surface area contributed by atoms with E-state index in [1.807, 2.05) is 11.8 Å². The molecule has 1 atom stereocenters. The second kappa shape index (κ2) is 5.18. The van der Waals surface area contributed by atoms with E-state index in [0.717, 1.165) is 12.4 Å². The van der Waals surface area contributed by atoms with E-state index < -0.39 is 5.97 Å². The summed E-state index contributed by atoms with van der Waals surface area (Å²) < 4.78 is 0.279. The zero-order valence-electron chi connectivity index (χ0n) is 10.7. The van der Waals surface area contributed by atoms with Crippen molar-refractivity contribution in [1.29, 1.82) is 0 Å². The maximum absolute atomic E-state index is 10.9. The third kappa shape index (κ3) is 2.96. The highest BCUT2D eigenvalue weighted by Gasteiger charge is 2.29. The van der Waals surface area contributed by atoms with E-state index in [1.54, 1.807) is 19.1 Å². The summed E-state index contributed by atoms with van der Waals surface area (Å²) in [6.45, 7) is 4.85. The third-order valence-electron chi connectivity index (χ3n) is 3.26. The van der Waals surface area contributed by atoms with Gasteiger partial charge in [-0.05, 0) is 44.6 Å². The van der Waals surface area contributed by atoms with Gasteiger partial charge in [-0.3, -0.25) is 0 Å². The molecule has 0 aliphatic carbocycles. The largest absolute Gasteiger partial charge is 0.478 e. The van der Waals surface area contributed by atoms with Gasteiger partial charge in [-0.25, -0.2) is 9.78 Å². The van der Waals surface area contributed by atoms with E-state index in [1.165, 1.54) is 18.6 Å². The Balaban J connectivity index is 2.02. The number of rotatable bonds is 4. The molecule has 1 aliphatic heterocycles. The molecule has 0 spiro atoms. The van der Waals surface area contributed by atoms with E-state index >= 15 is 0 Å². The number of aromatic nitrogens is 1. The van der Waals surface area contributed by atoms with Crippen molar-refractivity contribution < 1.29 is 9.90 Å². The lowest BCUT2D eigenvalue weighted by Crippen LogP contribution is -2.27. The van der Waals surface area contributed by atoms with Gasteiger partial charge in [0, 0.05) is 11.3 Å². The second-order valence-electron chi connectivity index (χ2n) is 4.89. The van der Waals surface area contributed by atoms with Gasteiger partial charge < -0.3 is 10.4 Å². The highest BCUT2D eigenvalue weighted by molar-refractivity contribution is 8.00. The number of nitrogens with zero attached hydrogens (tertiary/aromatic N) is 1. The predicted molar refractivity (Wildman–Crippen MR) is 74.5 cm³/mol. The molecule has 1 aromatic rings. The first kappa shape index (κ1) is 13.2. The number of hydrogen-bond acceptors (Lipinski definition) is 4. The standard InChI is InChI=1S/C13H18N2O2S/c1-9-10(12(16)17)4-5-11(15-9)14-8-13(2)6-3-7-18-13/h4-5H,3,6-8H2,1-2H3,(H,14,15)(H,16,17). The van der Waals surface area contributed by atoms with E-state index in [-0.39, 0.29) is 10.3 Å². The lowest BCUT2D eigenvalue weighted by Gasteiger charge is -2.23. The molecule has 0 radical (unpaired) electrons. The minimum absolute atomic E-state index is 0.266. The molecular formula is C13H18N2O2S. The van der Waals surface area contributed by atoms with Gasteiger partial charge in [-0.15, -0.1) is 0 Å². The maximum Gasteiger partial charge on any atom is 0.337 e. The number of pyridine rings is 1. The Bertz CT molecular complexity index is 456. The van der Waals surface area contributed by atoms with Gasteiger partial charge in [-0.2, -0.15) is 11.8 Å².